The lowest BCUT2D eigenvalue weighted by Crippen LogP contribution is -2.53. The minimum absolute atomic E-state index is 0.0133. The second-order valence-corrected chi connectivity index (χ2v) is 9.41. The van der Waals surface area contributed by atoms with E-state index in [1.54, 1.807) is 6.92 Å². The molecule has 1 amide bonds. The molecule has 2 aromatic carbocycles. The minimum atomic E-state index is -3.48. The number of sulfonamides is 1. The maximum absolute atomic E-state index is 13.0. The van der Waals surface area contributed by atoms with Gasteiger partial charge in [0.25, 0.3) is 0 Å². The number of benzene rings is 2. The second kappa shape index (κ2) is 8.88. The van der Waals surface area contributed by atoms with Crippen LogP contribution in [0.4, 0.5) is 0 Å². The SMILES string of the molecule is CCC(CNC(=O)C1Cc2ccccc2CN1S(=O)(=O)CC)c1ccccc1. The minimum Gasteiger partial charge on any atom is -0.354 e. The van der Waals surface area contributed by atoms with Gasteiger partial charge in [0.05, 0.1) is 5.75 Å². The van der Waals surface area contributed by atoms with Gasteiger partial charge >= 0.3 is 0 Å². The van der Waals surface area contributed by atoms with Gasteiger partial charge in [-0.25, -0.2) is 8.42 Å². The third-order valence-corrected chi connectivity index (χ3v) is 7.34. The van der Waals surface area contributed by atoms with Gasteiger partial charge in [-0.2, -0.15) is 4.31 Å². The molecule has 1 heterocycles. The zero-order valence-electron chi connectivity index (χ0n) is 16.5. The number of nitrogens with zero attached hydrogens (tertiary/aromatic N) is 1. The molecule has 2 atom stereocenters. The average molecular weight is 401 g/mol. The molecule has 0 spiro atoms. The molecule has 0 aromatic heterocycles. The van der Waals surface area contributed by atoms with Gasteiger partial charge in [-0.1, -0.05) is 61.5 Å². The molecule has 0 fully saturated rings. The van der Waals surface area contributed by atoms with Crippen LogP contribution in [0.5, 0.6) is 0 Å². The topological polar surface area (TPSA) is 66.5 Å². The molecular formula is C22H28N2O3S. The monoisotopic (exact) mass is 400 g/mol. The first-order chi connectivity index (χ1) is 13.5. The van der Waals surface area contributed by atoms with Gasteiger partial charge in [0.2, 0.25) is 15.9 Å². The number of hydrogen-bond acceptors (Lipinski definition) is 3. The number of nitrogens with one attached hydrogen (secondary N) is 1. The molecule has 0 bridgehead atoms. The smallest absolute Gasteiger partial charge is 0.238 e. The van der Waals surface area contributed by atoms with Crippen molar-refractivity contribution in [2.45, 2.75) is 45.2 Å². The van der Waals surface area contributed by atoms with Gasteiger partial charge in [-0.15, -0.1) is 0 Å². The van der Waals surface area contributed by atoms with Gasteiger partial charge < -0.3 is 5.32 Å². The highest BCUT2D eigenvalue weighted by atomic mass is 32.2. The Morgan fingerprint density at radius 2 is 1.71 bits per heavy atom. The number of fused-ring (bicyclic) bond motifs is 1. The fraction of sp³-hybridized carbons (Fsp3) is 0.409. The van der Waals surface area contributed by atoms with Crippen molar-refractivity contribution in [2.24, 2.45) is 0 Å². The summed E-state index contributed by atoms with van der Waals surface area (Å²) in [7, 11) is -3.48. The molecule has 1 N–H and O–H groups in total. The van der Waals surface area contributed by atoms with Crippen molar-refractivity contribution in [2.75, 3.05) is 12.3 Å². The van der Waals surface area contributed by atoms with E-state index in [0.717, 1.165) is 17.5 Å². The highest BCUT2D eigenvalue weighted by Gasteiger charge is 2.37. The molecular weight excluding hydrogens is 372 g/mol. The summed E-state index contributed by atoms with van der Waals surface area (Å²) in [6.07, 6.45) is 1.30. The average Bonchev–Trinajstić information content (AvgIpc) is 2.73. The summed E-state index contributed by atoms with van der Waals surface area (Å²) in [5.74, 6) is -0.0289. The van der Waals surface area contributed by atoms with Crippen LogP contribution in [-0.2, 0) is 27.8 Å². The van der Waals surface area contributed by atoms with Crippen LogP contribution in [-0.4, -0.2) is 37.0 Å². The standard InChI is InChI=1S/C22H28N2O3S/c1-3-17(18-10-6-5-7-11-18)15-23-22(25)21-14-19-12-8-9-13-20(19)16-24(21)28(26,27)4-2/h5-13,17,21H,3-4,14-16H2,1-2H3,(H,23,25). The maximum atomic E-state index is 13.0. The first kappa shape index (κ1) is 20.6. The first-order valence-electron chi connectivity index (χ1n) is 9.85. The molecule has 28 heavy (non-hydrogen) atoms. The van der Waals surface area contributed by atoms with Crippen LogP contribution < -0.4 is 5.32 Å². The fourth-order valence-corrected chi connectivity index (χ4v) is 4.97. The molecule has 0 aliphatic carbocycles. The lowest BCUT2D eigenvalue weighted by Gasteiger charge is -2.35. The first-order valence-corrected chi connectivity index (χ1v) is 11.5. The number of hydrogen-bond donors (Lipinski definition) is 1. The van der Waals surface area contributed by atoms with Gasteiger partial charge in [0.1, 0.15) is 6.04 Å². The van der Waals surface area contributed by atoms with E-state index < -0.39 is 16.1 Å². The van der Waals surface area contributed by atoms with Crippen molar-refractivity contribution in [3.05, 3.63) is 71.3 Å². The molecule has 0 radical (unpaired) electrons. The highest BCUT2D eigenvalue weighted by molar-refractivity contribution is 7.89. The molecule has 6 heteroatoms. The normalized spacial score (nSPS) is 18.3. The second-order valence-electron chi connectivity index (χ2n) is 7.20. The Balaban J connectivity index is 1.78. The van der Waals surface area contributed by atoms with Crippen LogP contribution in [0, 0.1) is 0 Å². The van der Waals surface area contributed by atoms with E-state index in [9.17, 15) is 13.2 Å². The number of rotatable bonds is 7. The predicted molar refractivity (Wildman–Crippen MR) is 111 cm³/mol. The van der Waals surface area contributed by atoms with E-state index in [-0.39, 0.29) is 24.1 Å². The van der Waals surface area contributed by atoms with Gasteiger partial charge in [0, 0.05) is 19.0 Å². The van der Waals surface area contributed by atoms with E-state index in [1.807, 2.05) is 42.5 Å². The zero-order valence-corrected chi connectivity index (χ0v) is 17.3. The Morgan fingerprint density at radius 1 is 1.07 bits per heavy atom. The Labute approximate surface area is 167 Å². The molecule has 0 saturated heterocycles. The van der Waals surface area contributed by atoms with Crippen molar-refractivity contribution >= 4 is 15.9 Å². The molecule has 0 saturated carbocycles. The predicted octanol–water partition coefficient (Wildman–Crippen LogP) is 3.07. The van der Waals surface area contributed by atoms with Crippen LogP contribution in [0.2, 0.25) is 0 Å². The Bertz CT molecular complexity index is 912. The number of amides is 1. The van der Waals surface area contributed by atoms with E-state index in [0.29, 0.717) is 13.0 Å². The molecule has 5 nitrogen and oxygen atoms in total. The zero-order chi connectivity index (χ0) is 20.1. The summed E-state index contributed by atoms with van der Waals surface area (Å²) < 4.78 is 26.7. The van der Waals surface area contributed by atoms with Gasteiger partial charge in [0.15, 0.2) is 0 Å². The van der Waals surface area contributed by atoms with Gasteiger partial charge in [-0.05, 0) is 36.5 Å². The third-order valence-electron chi connectivity index (χ3n) is 5.52. The largest absolute Gasteiger partial charge is 0.354 e. The summed E-state index contributed by atoms with van der Waals surface area (Å²) in [5, 5.41) is 3.01. The van der Waals surface area contributed by atoms with Crippen LogP contribution in [0.1, 0.15) is 42.9 Å². The molecule has 1 aliphatic rings. The van der Waals surface area contributed by atoms with Crippen LogP contribution in [0.3, 0.4) is 0 Å². The van der Waals surface area contributed by atoms with E-state index in [4.69, 9.17) is 0 Å². The Kier molecular flexibility index (Phi) is 6.52. The lowest BCUT2D eigenvalue weighted by molar-refractivity contribution is -0.125. The number of carbonyl (C=O) groups is 1. The highest BCUT2D eigenvalue weighted by Crippen LogP contribution is 2.26. The van der Waals surface area contributed by atoms with Crippen molar-refractivity contribution in [1.29, 1.82) is 0 Å². The van der Waals surface area contributed by atoms with E-state index in [2.05, 4.69) is 24.4 Å². The maximum Gasteiger partial charge on any atom is 0.238 e. The molecule has 2 aromatic rings. The van der Waals surface area contributed by atoms with Crippen molar-refractivity contribution in [1.82, 2.24) is 9.62 Å². The van der Waals surface area contributed by atoms with Crippen molar-refractivity contribution in [3.63, 3.8) is 0 Å². The van der Waals surface area contributed by atoms with Crippen molar-refractivity contribution in [3.8, 4) is 0 Å². The summed E-state index contributed by atoms with van der Waals surface area (Å²) in [5.41, 5.74) is 3.19. The molecule has 1 aliphatic heterocycles. The van der Waals surface area contributed by atoms with E-state index in [1.165, 1.54) is 9.87 Å². The van der Waals surface area contributed by atoms with Crippen LogP contribution >= 0.6 is 0 Å². The van der Waals surface area contributed by atoms with Gasteiger partial charge in [-0.3, -0.25) is 4.79 Å². The van der Waals surface area contributed by atoms with E-state index >= 15 is 0 Å². The fourth-order valence-electron chi connectivity index (χ4n) is 3.75. The molecule has 3 rings (SSSR count). The summed E-state index contributed by atoms with van der Waals surface area (Å²) >= 11 is 0. The van der Waals surface area contributed by atoms with Crippen LogP contribution in [0.15, 0.2) is 54.6 Å². The summed E-state index contributed by atoms with van der Waals surface area (Å²) in [6.45, 7) is 4.46. The van der Waals surface area contributed by atoms with Crippen molar-refractivity contribution < 1.29 is 13.2 Å². The molecule has 2 unspecified atom stereocenters. The summed E-state index contributed by atoms with van der Waals surface area (Å²) in [4.78, 5) is 13.0. The van der Waals surface area contributed by atoms with Crippen LogP contribution in [0.25, 0.3) is 0 Å². The lowest BCUT2D eigenvalue weighted by atomic mass is 9.94. The molecule has 150 valence electrons. The summed E-state index contributed by atoms with van der Waals surface area (Å²) in [6, 6.07) is 17.1. The third kappa shape index (κ3) is 4.45. The Hall–Kier alpha value is -2.18. The Morgan fingerprint density at radius 3 is 2.36 bits per heavy atom. The quantitative estimate of drug-likeness (QED) is 0.777. The number of carbonyl (C=O) groups excluding carboxylic acids is 1.